The molecular formula is C19H24F3N3O. The van der Waals surface area contributed by atoms with E-state index in [0.717, 1.165) is 18.2 Å². The van der Waals surface area contributed by atoms with Crippen LogP contribution in [0.3, 0.4) is 0 Å². The van der Waals surface area contributed by atoms with E-state index in [4.69, 9.17) is 4.74 Å². The molecule has 0 N–H and O–H groups in total. The second-order valence-corrected chi connectivity index (χ2v) is 6.56. The summed E-state index contributed by atoms with van der Waals surface area (Å²) in [7, 11) is 1.57. The molecule has 142 valence electrons. The quantitative estimate of drug-likeness (QED) is 0.670. The van der Waals surface area contributed by atoms with Gasteiger partial charge in [-0.05, 0) is 36.5 Å². The van der Waals surface area contributed by atoms with Crippen LogP contribution < -0.4 is 9.64 Å². The third-order valence-electron chi connectivity index (χ3n) is 3.75. The summed E-state index contributed by atoms with van der Waals surface area (Å²) in [5.41, 5.74) is 0.807. The minimum absolute atomic E-state index is 0.0555. The molecular weight excluding hydrogens is 343 g/mol. The summed E-state index contributed by atoms with van der Waals surface area (Å²) in [4.78, 5) is 9.14. The van der Waals surface area contributed by atoms with Gasteiger partial charge in [0.25, 0.3) is 0 Å². The fourth-order valence-corrected chi connectivity index (χ4v) is 2.56. The molecule has 0 unspecified atom stereocenters. The molecule has 26 heavy (non-hydrogen) atoms. The molecule has 0 aliphatic rings. The third kappa shape index (κ3) is 5.09. The van der Waals surface area contributed by atoms with Crippen LogP contribution in [0.2, 0.25) is 0 Å². The number of aromatic nitrogens is 2. The molecule has 0 saturated heterocycles. The number of nitrogens with zero attached hydrogens (tertiary/aromatic N) is 3. The van der Waals surface area contributed by atoms with E-state index >= 15 is 0 Å². The summed E-state index contributed by atoms with van der Waals surface area (Å²) in [5, 5.41) is 0. The van der Waals surface area contributed by atoms with Crippen LogP contribution in [-0.4, -0.2) is 23.6 Å². The highest BCUT2D eigenvalue weighted by Crippen LogP contribution is 2.37. The first-order valence-electron chi connectivity index (χ1n) is 8.62. The van der Waals surface area contributed by atoms with Crippen LogP contribution in [0.25, 0.3) is 0 Å². The molecule has 7 heteroatoms. The van der Waals surface area contributed by atoms with E-state index in [2.05, 4.69) is 23.8 Å². The standard InChI is InChI=1S/C19H24F3N3O/c1-5-9-26-18-23-12-16(19(20,21)22)17(24-18)25(4)15-8-6-7-14(11-15)10-13(2)3/h6-8,11-13H,5,9-10H2,1-4H3. The monoisotopic (exact) mass is 367 g/mol. The first-order chi connectivity index (χ1) is 12.2. The lowest BCUT2D eigenvalue weighted by Gasteiger charge is -2.23. The van der Waals surface area contributed by atoms with Crippen molar-refractivity contribution in [2.45, 2.75) is 39.8 Å². The molecule has 0 fully saturated rings. The highest BCUT2D eigenvalue weighted by atomic mass is 19.4. The summed E-state index contributed by atoms with van der Waals surface area (Å²) in [5.74, 6) is 0.231. The molecule has 0 atom stereocenters. The Morgan fingerprint density at radius 2 is 1.96 bits per heavy atom. The lowest BCUT2D eigenvalue weighted by atomic mass is 10.0. The zero-order valence-electron chi connectivity index (χ0n) is 15.5. The van der Waals surface area contributed by atoms with E-state index in [1.807, 2.05) is 25.1 Å². The van der Waals surface area contributed by atoms with Gasteiger partial charge in [-0.25, -0.2) is 4.98 Å². The predicted octanol–water partition coefficient (Wildman–Crippen LogP) is 5.25. The zero-order valence-corrected chi connectivity index (χ0v) is 15.5. The van der Waals surface area contributed by atoms with E-state index in [9.17, 15) is 13.2 Å². The first kappa shape index (κ1) is 20.0. The van der Waals surface area contributed by atoms with Crippen molar-refractivity contribution in [2.24, 2.45) is 5.92 Å². The van der Waals surface area contributed by atoms with Gasteiger partial charge in [-0.1, -0.05) is 32.9 Å². The molecule has 0 amide bonds. The molecule has 0 aliphatic carbocycles. The molecule has 0 saturated carbocycles. The third-order valence-corrected chi connectivity index (χ3v) is 3.75. The Hall–Kier alpha value is -2.31. The average molecular weight is 367 g/mol. The molecule has 4 nitrogen and oxygen atoms in total. The Kier molecular flexibility index (Phi) is 6.45. The fourth-order valence-electron chi connectivity index (χ4n) is 2.56. The van der Waals surface area contributed by atoms with Gasteiger partial charge in [0.05, 0.1) is 6.61 Å². The maximum Gasteiger partial charge on any atom is 0.421 e. The summed E-state index contributed by atoms with van der Waals surface area (Å²) in [6.07, 6.45) is -2.21. The van der Waals surface area contributed by atoms with E-state index in [1.54, 1.807) is 13.1 Å². The summed E-state index contributed by atoms with van der Waals surface area (Å²) < 4.78 is 45.5. The van der Waals surface area contributed by atoms with Crippen molar-refractivity contribution in [2.75, 3.05) is 18.6 Å². The number of benzene rings is 1. The van der Waals surface area contributed by atoms with Crippen molar-refractivity contribution >= 4 is 11.5 Å². The van der Waals surface area contributed by atoms with Crippen molar-refractivity contribution in [1.82, 2.24) is 9.97 Å². The van der Waals surface area contributed by atoms with Crippen LogP contribution in [0.15, 0.2) is 30.5 Å². The lowest BCUT2D eigenvalue weighted by molar-refractivity contribution is -0.137. The average Bonchev–Trinajstić information content (AvgIpc) is 2.58. The number of hydrogen-bond acceptors (Lipinski definition) is 4. The second kappa shape index (κ2) is 8.38. The number of ether oxygens (including phenoxy) is 1. The molecule has 1 aromatic heterocycles. The molecule has 1 aromatic carbocycles. The Balaban J connectivity index is 2.43. The van der Waals surface area contributed by atoms with Gasteiger partial charge in [0, 0.05) is 18.9 Å². The van der Waals surface area contributed by atoms with E-state index in [-0.39, 0.29) is 11.8 Å². The first-order valence-corrected chi connectivity index (χ1v) is 8.62. The Labute approximate surface area is 152 Å². The molecule has 0 aliphatic heterocycles. The normalized spacial score (nSPS) is 11.7. The van der Waals surface area contributed by atoms with Crippen molar-refractivity contribution < 1.29 is 17.9 Å². The number of halogens is 3. The molecule has 1 heterocycles. The van der Waals surface area contributed by atoms with E-state index in [0.29, 0.717) is 24.6 Å². The summed E-state index contributed by atoms with van der Waals surface area (Å²) in [6.45, 7) is 6.44. The van der Waals surface area contributed by atoms with Crippen LogP contribution in [0.1, 0.15) is 38.3 Å². The smallest absolute Gasteiger partial charge is 0.421 e. The van der Waals surface area contributed by atoms with Gasteiger partial charge in [-0.15, -0.1) is 0 Å². The fraction of sp³-hybridized carbons (Fsp3) is 0.474. The molecule has 2 aromatic rings. The molecule has 2 rings (SSSR count). The molecule has 0 bridgehead atoms. The van der Waals surface area contributed by atoms with Crippen molar-refractivity contribution in [1.29, 1.82) is 0 Å². The molecule has 0 spiro atoms. The minimum atomic E-state index is -4.55. The van der Waals surface area contributed by atoms with Crippen molar-refractivity contribution in [3.63, 3.8) is 0 Å². The number of rotatable bonds is 7. The minimum Gasteiger partial charge on any atom is -0.463 e. The van der Waals surface area contributed by atoms with Gasteiger partial charge in [0.1, 0.15) is 5.56 Å². The summed E-state index contributed by atoms with van der Waals surface area (Å²) >= 11 is 0. The van der Waals surface area contributed by atoms with Crippen LogP contribution in [0.4, 0.5) is 24.7 Å². The maximum atomic E-state index is 13.4. The topological polar surface area (TPSA) is 38.2 Å². The SMILES string of the molecule is CCCOc1ncc(C(F)(F)F)c(N(C)c2cccc(CC(C)C)c2)n1. The van der Waals surface area contributed by atoms with Crippen molar-refractivity contribution in [3.8, 4) is 6.01 Å². The zero-order chi connectivity index (χ0) is 19.3. The maximum absolute atomic E-state index is 13.4. The number of alkyl halides is 3. The Morgan fingerprint density at radius 1 is 1.23 bits per heavy atom. The van der Waals surface area contributed by atoms with Crippen molar-refractivity contribution in [3.05, 3.63) is 41.6 Å². The van der Waals surface area contributed by atoms with Crippen LogP contribution in [0.5, 0.6) is 6.01 Å². The van der Waals surface area contributed by atoms with Crippen LogP contribution >= 0.6 is 0 Å². The number of anilines is 2. The van der Waals surface area contributed by atoms with Crippen LogP contribution in [-0.2, 0) is 12.6 Å². The Bertz CT molecular complexity index is 732. The number of hydrogen-bond donors (Lipinski definition) is 0. The predicted molar refractivity (Wildman–Crippen MR) is 95.9 cm³/mol. The molecule has 0 radical (unpaired) electrons. The van der Waals surface area contributed by atoms with Gasteiger partial charge < -0.3 is 9.64 Å². The Morgan fingerprint density at radius 3 is 2.58 bits per heavy atom. The lowest BCUT2D eigenvalue weighted by Crippen LogP contribution is -2.19. The second-order valence-electron chi connectivity index (χ2n) is 6.56. The van der Waals surface area contributed by atoms with Gasteiger partial charge in [0.15, 0.2) is 5.82 Å². The highest BCUT2D eigenvalue weighted by molar-refractivity contribution is 5.63. The highest BCUT2D eigenvalue weighted by Gasteiger charge is 2.36. The van der Waals surface area contributed by atoms with E-state index < -0.39 is 11.7 Å². The van der Waals surface area contributed by atoms with Gasteiger partial charge in [-0.3, -0.25) is 0 Å². The summed E-state index contributed by atoms with van der Waals surface area (Å²) in [6, 6.07) is 7.40. The van der Waals surface area contributed by atoms with Gasteiger partial charge >= 0.3 is 12.2 Å². The largest absolute Gasteiger partial charge is 0.463 e. The van der Waals surface area contributed by atoms with Crippen LogP contribution in [0, 0.1) is 5.92 Å². The van der Waals surface area contributed by atoms with E-state index in [1.165, 1.54) is 4.90 Å². The van der Waals surface area contributed by atoms with Gasteiger partial charge in [0.2, 0.25) is 0 Å². The van der Waals surface area contributed by atoms with Gasteiger partial charge in [-0.2, -0.15) is 18.2 Å².